The van der Waals surface area contributed by atoms with E-state index in [1.165, 1.54) is 20.3 Å². The Morgan fingerprint density at radius 2 is 1.75 bits per heavy atom. The molecule has 0 aliphatic heterocycles. The largest absolute Gasteiger partial charge is 0.487 e. The maximum Gasteiger partial charge on any atom is 0.348 e. The van der Waals surface area contributed by atoms with Gasteiger partial charge in [-0.1, -0.05) is 11.3 Å². The molecule has 0 bridgehead atoms. The van der Waals surface area contributed by atoms with Crippen molar-refractivity contribution in [2.45, 2.75) is 6.61 Å². The third-order valence-corrected chi connectivity index (χ3v) is 4.74. The molecule has 0 radical (unpaired) electrons. The van der Waals surface area contributed by atoms with Crippen LogP contribution in [-0.4, -0.2) is 25.2 Å². The summed E-state index contributed by atoms with van der Waals surface area (Å²) in [6.45, 7) is -0.219. The zero-order valence-corrected chi connectivity index (χ0v) is 15.6. The smallest absolute Gasteiger partial charge is 0.348 e. The van der Waals surface area contributed by atoms with Crippen LogP contribution in [0.25, 0.3) is 11.3 Å². The fourth-order valence-corrected chi connectivity index (χ4v) is 3.37. The van der Waals surface area contributed by atoms with Crippen LogP contribution in [0.1, 0.15) is 15.2 Å². The maximum absolute atomic E-state index is 13.7. The number of thiophene rings is 1. The lowest BCUT2D eigenvalue weighted by Crippen LogP contribution is -2.01. The van der Waals surface area contributed by atoms with Gasteiger partial charge in [-0.2, -0.15) is 0 Å². The Hall–Kier alpha value is -3.07. The molecule has 1 aromatic carbocycles. The number of esters is 1. The van der Waals surface area contributed by atoms with Crippen LogP contribution < -0.4 is 9.47 Å². The third-order valence-electron chi connectivity index (χ3n) is 3.66. The topological polar surface area (TPSA) is 57.7 Å². The zero-order valence-electron chi connectivity index (χ0n) is 14.8. The van der Waals surface area contributed by atoms with Gasteiger partial charge in [-0.25, -0.2) is 22.9 Å². The highest BCUT2D eigenvalue weighted by atomic mass is 32.1. The van der Waals surface area contributed by atoms with Crippen molar-refractivity contribution < 1.29 is 32.2 Å². The number of rotatable bonds is 6. The molecule has 28 heavy (non-hydrogen) atoms. The van der Waals surface area contributed by atoms with E-state index in [1.807, 2.05) is 0 Å². The Balaban J connectivity index is 1.97. The molecule has 3 aromatic rings. The Morgan fingerprint density at radius 1 is 1.04 bits per heavy atom. The summed E-state index contributed by atoms with van der Waals surface area (Å²) in [5, 5.41) is 0.348. The molecule has 5 nitrogen and oxygen atoms in total. The van der Waals surface area contributed by atoms with Crippen molar-refractivity contribution in [1.82, 2.24) is 4.98 Å². The fraction of sp³-hybridized carbons (Fsp3) is 0.158. The van der Waals surface area contributed by atoms with E-state index in [-0.39, 0.29) is 28.5 Å². The van der Waals surface area contributed by atoms with Crippen LogP contribution in [0.15, 0.2) is 36.5 Å². The summed E-state index contributed by atoms with van der Waals surface area (Å²) in [6.07, 6.45) is 0.985. The van der Waals surface area contributed by atoms with Gasteiger partial charge >= 0.3 is 5.97 Å². The summed E-state index contributed by atoms with van der Waals surface area (Å²) in [5.74, 6) is -2.70. The van der Waals surface area contributed by atoms with E-state index in [0.717, 1.165) is 41.8 Å². The predicted molar refractivity (Wildman–Crippen MR) is 96.1 cm³/mol. The van der Waals surface area contributed by atoms with Gasteiger partial charge in [0.25, 0.3) is 0 Å². The van der Waals surface area contributed by atoms with E-state index in [2.05, 4.69) is 4.98 Å². The standard InChI is InChI=1S/C19H14F3NO4S/c1-25-18(24)16-7-14(19(26-2)28-16)17-15(6-13(22)8-23-17)27-9-10-3-11(20)5-12(21)4-10/h3-8H,9H2,1-2H3. The lowest BCUT2D eigenvalue weighted by atomic mass is 10.1. The molecular weight excluding hydrogens is 395 g/mol. The Kier molecular flexibility index (Phi) is 5.84. The van der Waals surface area contributed by atoms with Crippen molar-refractivity contribution in [3.63, 3.8) is 0 Å². The van der Waals surface area contributed by atoms with Gasteiger partial charge in [-0.15, -0.1) is 0 Å². The molecule has 0 fully saturated rings. The van der Waals surface area contributed by atoms with Gasteiger partial charge in [-0.3, -0.25) is 0 Å². The average molecular weight is 409 g/mol. The first-order valence-electron chi connectivity index (χ1n) is 7.91. The number of hydrogen-bond donors (Lipinski definition) is 0. The minimum Gasteiger partial charge on any atom is -0.487 e. The molecule has 2 aromatic heterocycles. The molecule has 3 rings (SSSR count). The van der Waals surface area contributed by atoms with E-state index in [0.29, 0.717) is 10.6 Å². The van der Waals surface area contributed by atoms with E-state index in [4.69, 9.17) is 14.2 Å². The Labute approximate surface area is 162 Å². The monoisotopic (exact) mass is 409 g/mol. The molecule has 0 atom stereocenters. The summed E-state index contributed by atoms with van der Waals surface area (Å²) in [7, 11) is 2.66. The molecule has 0 N–H and O–H groups in total. The summed E-state index contributed by atoms with van der Waals surface area (Å²) in [4.78, 5) is 16.1. The predicted octanol–water partition coefficient (Wildman–Crippen LogP) is 4.60. The molecule has 0 spiro atoms. The van der Waals surface area contributed by atoms with Crippen LogP contribution in [0.5, 0.6) is 10.8 Å². The van der Waals surface area contributed by atoms with E-state index in [9.17, 15) is 18.0 Å². The summed E-state index contributed by atoms with van der Waals surface area (Å²) in [6, 6.07) is 5.53. The molecule has 0 saturated heterocycles. The molecular formula is C19H14F3NO4S. The Bertz CT molecular complexity index is 1000. The van der Waals surface area contributed by atoms with Crippen LogP contribution in [0.4, 0.5) is 13.2 Å². The second kappa shape index (κ2) is 8.30. The van der Waals surface area contributed by atoms with Crippen molar-refractivity contribution in [1.29, 1.82) is 0 Å². The minimum absolute atomic E-state index is 0.0252. The second-order valence-corrected chi connectivity index (χ2v) is 6.59. The molecule has 2 heterocycles. The number of ether oxygens (including phenoxy) is 3. The molecule has 0 amide bonds. The quantitative estimate of drug-likeness (QED) is 0.557. The average Bonchev–Trinajstić information content (AvgIpc) is 3.09. The highest BCUT2D eigenvalue weighted by Gasteiger charge is 2.21. The minimum atomic E-state index is -0.751. The van der Waals surface area contributed by atoms with Crippen LogP contribution in [0.3, 0.4) is 0 Å². The fourth-order valence-electron chi connectivity index (χ4n) is 2.48. The number of nitrogens with zero attached hydrogens (tertiary/aromatic N) is 1. The number of hydrogen-bond acceptors (Lipinski definition) is 6. The molecule has 0 saturated carbocycles. The number of carbonyl (C=O) groups excluding carboxylic acids is 1. The van der Waals surface area contributed by atoms with Crippen LogP contribution in [0, 0.1) is 17.5 Å². The van der Waals surface area contributed by atoms with Gasteiger partial charge < -0.3 is 14.2 Å². The maximum atomic E-state index is 13.7. The molecule has 9 heteroatoms. The highest BCUT2D eigenvalue weighted by Crippen LogP contribution is 2.41. The number of pyridine rings is 1. The molecule has 146 valence electrons. The zero-order chi connectivity index (χ0) is 20.3. The van der Waals surface area contributed by atoms with Gasteiger partial charge in [0.05, 0.1) is 26.0 Å². The van der Waals surface area contributed by atoms with Crippen LogP contribution >= 0.6 is 11.3 Å². The van der Waals surface area contributed by atoms with Crippen molar-refractivity contribution in [2.75, 3.05) is 14.2 Å². The van der Waals surface area contributed by atoms with Gasteiger partial charge in [0.2, 0.25) is 0 Å². The third kappa shape index (κ3) is 4.25. The molecule has 0 unspecified atom stereocenters. The lowest BCUT2D eigenvalue weighted by molar-refractivity contribution is 0.0606. The van der Waals surface area contributed by atoms with Crippen molar-refractivity contribution in [3.8, 4) is 22.1 Å². The van der Waals surface area contributed by atoms with E-state index < -0.39 is 23.4 Å². The lowest BCUT2D eigenvalue weighted by Gasteiger charge is -2.11. The van der Waals surface area contributed by atoms with Crippen LogP contribution in [-0.2, 0) is 11.3 Å². The number of carbonyl (C=O) groups is 1. The van der Waals surface area contributed by atoms with Crippen molar-refractivity contribution in [2.24, 2.45) is 0 Å². The van der Waals surface area contributed by atoms with E-state index in [1.54, 1.807) is 0 Å². The van der Waals surface area contributed by atoms with Gasteiger partial charge in [0, 0.05) is 12.1 Å². The number of aromatic nitrogens is 1. The summed E-state index contributed by atoms with van der Waals surface area (Å²) < 4.78 is 55.9. The normalized spacial score (nSPS) is 10.6. The van der Waals surface area contributed by atoms with Crippen molar-refractivity contribution >= 4 is 17.3 Å². The highest BCUT2D eigenvalue weighted by molar-refractivity contribution is 7.16. The first-order chi connectivity index (χ1) is 13.4. The molecule has 0 aliphatic rings. The van der Waals surface area contributed by atoms with Gasteiger partial charge in [-0.05, 0) is 23.8 Å². The number of benzene rings is 1. The molecule has 0 aliphatic carbocycles. The van der Waals surface area contributed by atoms with Crippen molar-refractivity contribution in [3.05, 3.63) is 64.4 Å². The van der Waals surface area contributed by atoms with Gasteiger partial charge in [0.1, 0.15) is 40.4 Å². The second-order valence-electron chi connectivity index (χ2n) is 5.57. The van der Waals surface area contributed by atoms with Crippen LogP contribution in [0.2, 0.25) is 0 Å². The number of halogens is 3. The summed E-state index contributed by atoms with van der Waals surface area (Å²) >= 11 is 1.03. The first-order valence-corrected chi connectivity index (χ1v) is 8.72. The SMILES string of the molecule is COC(=O)c1cc(-c2ncc(F)cc2OCc2cc(F)cc(F)c2)c(OC)s1. The van der Waals surface area contributed by atoms with Gasteiger partial charge in [0.15, 0.2) is 5.06 Å². The first kappa shape index (κ1) is 19.7. The summed E-state index contributed by atoms with van der Waals surface area (Å²) in [5.41, 5.74) is 0.829. The Morgan fingerprint density at radius 3 is 2.39 bits per heavy atom. The number of methoxy groups -OCH3 is 2. The van der Waals surface area contributed by atoms with E-state index >= 15 is 0 Å².